The predicted octanol–water partition coefficient (Wildman–Crippen LogP) is 1.29. The lowest BCUT2D eigenvalue weighted by atomic mass is 10.1. The van der Waals surface area contributed by atoms with E-state index in [1.165, 1.54) is 13.3 Å². The highest BCUT2D eigenvalue weighted by Crippen LogP contribution is 2.23. The van der Waals surface area contributed by atoms with Crippen LogP contribution < -0.4 is 15.8 Å². The van der Waals surface area contributed by atoms with Gasteiger partial charge in [0.2, 0.25) is 0 Å². The number of methoxy groups -OCH3 is 1. The number of nitrogens with zero attached hydrogens (tertiary/aromatic N) is 2. The van der Waals surface area contributed by atoms with Crippen LogP contribution in [-0.2, 0) is 0 Å². The third-order valence-corrected chi connectivity index (χ3v) is 2.15. The first kappa shape index (κ1) is 12.0. The molecule has 0 saturated carbocycles. The quantitative estimate of drug-likeness (QED) is 0.816. The predicted molar refractivity (Wildman–Crippen MR) is 60.4 cm³/mol. The van der Waals surface area contributed by atoms with Crippen molar-refractivity contribution in [2.75, 3.05) is 19.0 Å². The van der Waals surface area contributed by atoms with E-state index >= 15 is 0 Å². The summed E-state index contributed by atoms with van der Waals surface area (Å²) in [7, 11) is 1.50. The van der Waals surface area contributed by atoms with Crippen molar-refractivity contribution >= 4 is 17.4 Å². The Labute approximate surface area is 94.0 Å². The monoisotopic (exact) mass is 230 g/mol. The summed E-state index contributed by atoms with van der Waals surface area (Å²) in [5.41, 5.74) is 5.32. The Morgan fingerprint density at radius 2 is 2.27 bits per heavy atom. The summed E-state index contributed by atoms with van der Waals surface area (Å²) in [6.45, 7) is 4.38. The van der Waals surface area contributed by atoms with E-state index in [4.69, 9.17) is 22.1 Å². The molecule has 0 aliphatic rings. The zero-order valence-corrected chi connectivity index (χ0v) is 9.80. The lowest BCUT2D eigenvalue weighted by Gasteiger charge is -2.25. The number of anilines is 1. The van der Waals surface area contributed by atoms with Crippen LogP contribution >= 0.6 is 11.6 Å². The Kier molecular flexibility index (Phi) is 3.71. The van der Waals surface area contributed by atoms with E-state index < -0.39 is 0 Å². The maximum atomic E-state index is 5.93. The molecule has 5 nitrogen and oxygen atoms in total. The van der Waals surface area contributed by atoms with Crippen LogP contribution in [0, 0.1) is 0 Å². The number of nitrogens with one attached hydrogen (secondary N) is 1. The van der Waals surface area contributed by atoms with Gasteiger partial charge in [0.15, 0.2) is 5.82 Å². The van der Waals surface area contributed by atoms with E-state index in [1.54, 1.807) is 0 Å². The van der Waals surface area contributed by atoms with Crippen LogP contribution in [0.1, 0.15) is 13.8 Å². The van der Waals surface area contributed by atoms with Gasteiger partial charge in [-0.05, 0) is 13.8 Å². The van der Waals surface area contributed by atoms with E-state index in [1.807, 2.05) is 13.8 Å². The largest absolute Gasteiger partial charge is 0.467 e. The lowest BCUT2D eigenvalue weighted by molar-refractivity contribution is 0.380. The number of rotatable bonds is 4. The zero-order chi connectivity index (χ0) is 11.5. The first-order chi connectivity index (χ1) is 6.98. The molecule has 1 aromatic heterocycles. The third kappa shape index (κ3) is 3.21. The topological polar surface area (TPSA) is 73.1 Å². The molecule has 0 bridgehead atoms. The molecule has 6 heteroatoms. The summed E-state index contributed by atoms with van der Waals surface area (Å²) in [4.78, 5) is 7.97. The Hall–Kier alpha value is -1.07. The number of nitrogens with two attached hydrogens (primary N) is 1. The van der Waals surface area contributed by atoms with E-state index in [0.717, 1.165) is 0 Å². The molecule has 0 fully saturated rings. The van der Waals surface area contributed by atoms with Crippen molar-refractivity contribution in [3.8, 4) is 6.01 Å². The van der Waals surface area contributed by atoms with Crippen LogP contribution in [0.15, 0.2) is 6.20 Å². The molecule has 0 saturated heterocycles. The van der Waals surface area contributed by atoms with Crippen molar-refractivity contribution in [2.45, 2.75) is 19.4 Å². The van der Waals surface area contributed by atoms with E-state index in [0.29, 0.717) is 17.4 Å². The Morgan fingerprint density at radius 1 is 1.60 bits per heavy atom. The standard InChI is InChI=1S/C9H15ClN4O/c1-9(2,5-11)14-7-6(10)4-12-8(13-7)15-3/h4H,5,11H2,1-3H3,(H,12,13,14). The second kappa shape index (κ2) is 4.63. The van der Waals surface area contributed by atoms with Gasteiger partial charge in [-0.25, -0.2) is 4.98 Å². The van der Waals surface area contributed by atoms with Crippen LogP contribution in [0.3, 0.4) is 0 Å². The molecule has 0 aromatic carbocycles. The molecule has 0 atom stereocenters. The van der Waals surface area contributed by atoms with Crippen molar-refractivity contribution in [2.24, 2.45) is 5.73 Å². The molecule has 0 aliphatic heterocycles. The normalized spacial score (nSPS) is 11.3. The first-order valence-corrected chi connectivity index (χ1v) is 4.91. The average molecular weight is 231 g/mol. The highest BCUT2D eigenvalue weighted by Gasteiger charge is 2.17. The summed E-state index contributed by atoms with van der Waals surface area (Å²) in [6.07, 6.45) is 1.49. The highest BCUT2D eigenvalue weighted by molar-refractivity contribution is 6.32. The molecule has 1 aromatic rings. The van der Waals surface area contributed by atoms with Gasteiger partial charge in [-0.15, -0.1) is 0 Å². The molecule has 0 aliphatic carbocycles. The second-order valence-corrected chi connectivity index (χ2v) is 4.17. The Bertz CT molecular complexity index is 343. The summed E-state index contributed by atoms with van der Waals surface area (Å²) in [5, 5.41) is 3.56. The number of halogens is 1. The second-order valence-electron chi connectivity index (χ2n) is 3.77. The third-order valence-electron chi connectivity index (χ3n) is 1.87. The van der Waals surface area contributed by atoms with Gasteiger partial charge in [0.1, 0.15) is 5.02 Å². The van der Waals surface area contributed by atoms with Crippen molar-refractivity contribution in [1.29, 1.82) is 0 Å². The molecule has 84 valence electrons. The summed E-state index contributed by atoms with van der Waals surface area (Å²) < 4.78 is 4.91. The van der Waals surface area contributed by atoms with Gasteiger partial charge in [-0.3, -0.25) is 0 Å². The molecule has 15 heavy (non-hydrogen) atoms. The van der Waals surface area contributed by atoms with Crippen LogP contribution in [-0.4, -0.2) is 29.2 Å². The van der Waals surface area contributed by atoms with Gasteiger partial charge in [-0.1, -0.05) is 11.6 Å². The smallest absolute Gasteiger partial charge is 0.318 e. The molecule has 0 amide bonds. The molecule has 0 radical (unpaired) electrons. The van der Waals surface area contributed by atoms with Crippen molar-refractivity contribution < 1.29 is 4.74 Å². The molecule has 0 unspecified atom stereocenters. The average Bonchev–Trinajstić information content (AvgIpc) is 2.21. The molecule has 3 N–H and O–H groups in total. The summed E-state index contributed by atoms with van der Waals surface area (Å²) >= 11 is 5.93. The number of hydrogen-bond donors (Lipinski definition) is 2. The fourth-order valence-corrected chi connectivity index (χ4v) is 1.05. The zero-order valence-electron chi connectivity index (χ0n) is 9.04. The van der Waals surface area contributed by atoms with Gasteiger partial charge in [0.05, 0.1) is 13.3 Å². The van der Waals surface area contributed by atoms with Crippen molar-refractivity contribution in [3.05, 3.63) is 11.2 Å². The van der Waals surface area contributed by atoms with Crippen LogP contribution in [0.5, 0.6) is 6.01 Å². The maximum absolute atomic E-state index is 5.93. The molecule has 0 spiro atoms. The molecule has 1 rings (SSSR count). The summed E-state index contributed by atoms with van der Waals surface area (Å²) in [5.74, 6) is 0.527. The van der Waals surface area contributed by atoms with Crippen molar-refractivity contribution in [1.82, 2.24) is 9.97 Å². The first-order valence-electron chi connectivity index (χ1n) is 4.53. The van der Waals surface area contributed by atoms with E-state index in [9.17, 15) is 0 Å². The maximum Gasteiger partial charge on any atom is 0.318 e. The van der Waals surface area contributed by atoms with Gasteiger partial charge in [0.25, 0.3) is 0 Å². The Morgan fingerprint density at radius 3 is 2.80 bits per heavy atom. The lowest BCUT2D eigenvalue weighted by Crippen LogP contribution is -2.39. The minimum Gasteiger partial charge on any atom is -0.467 e. The van der Waals surface area contributed by atoms with Gasteiger partial charge >= 0.3 is 6.01 Å². The fourth-order valence-electron chi connectivity index (χ4n) is 0.909. The van der Waals surface area contributed by atoms with Gasteiger partial charge in [0, 0.05) is 12.1 Å². The Balaban J connectivity index is 2.93. The van der Waals surface area contributed by atoms with Gasteiger partial charge < -0.3 is 15.8 Å². The number of ether oxygens (including phenoxy) is 1. The van der Waals surface area contributed by atoms with Crippen molar-refractivity contribution in [3.63, 3.8) is 0 Å². The number of hydrogen-bond acceptors (Lipinski definition) is 5. The molecular weight excluding hydrogens is 216 g/mol. The van der Waals surface area contributed by atoms with Crippen LogP contribution in [0.25, 0.3) is 0 Å². The fraction of sp³-hybridized carbons (Fsp3) is 0.556. The molecular formula is C9H15ClN4O. The minimum atomic E-state index is -0.275. The van der Waals surface area contributed by atoms with E-state index in [-0.39, 0.29) is 11.5 Å². The summed E-state index contributed by atoms with van der Waals surface area (Å²) in [6, 6.07) is 0.273. The molecule has 1 heterocycles. The SMILES string of the molecule is COc1ncc(Cl)c(NC(C)(C)CN)n1. The minimum absolute atomic E-state index is 0.273. The van der Waals surface area contributed by atoms with Crippen LogP contribution in [0.2, 0.25) is 5.02 Å². The highest BCUT2D eigenvalue weighted by atomic mass is 35.5. The van der Waals surface area contributed by atoms with Gasteiger partial charge in [-0.2, -0.15) is 4.98 Å². The van der Waals surface area contributed by atoms with Crippen LogP contribution in [0.4, 0.5) is 5.82 Å². The number of aromatic nitrogens is 2. The van der Waals surface area contributed by atoms with E-state index in [2.05, 4.69) is 15.3 Å².